The number of pyridine rings is 1. The summed E-state index contributed by atoms with van der Waals surface area (Å²) < 4.78 is 38.5. The zero-order valence-electron chi connectivity index (χ0n) is 11.2. The van der Waals surface area contributed by atoms with Gasteiger partial charge < -0.3 is 0 Å². The highest BCUT2D eigenvalue weighted by atomic mass is 19.4. The Hall–Kier alpha value is -1.14. The van der Waals surface area contributed by atoms with E-state index in [1.54, 1.807) is 12.4 Å². The third kappa shape index (κ3) is 3.93. The lowest BCUT2D eigenvalue weighted by Gasteiger charge is -2.35. The van der Waals surface area contributed by atoms with E-state index in [2.05, 4.69) is 10.4 Å². The van der Waals surface area contributed by atoms with Gasteiger partial charge in [-0.05, 0) is 49.3 Å². The molecule has 3 N–H and O–H groups in total. The molecule has 3 nitrogen and oxygen atoms in total. The molecule has 6 heteroatoms. The van der Waals surface area contributed by atoms with Crippen molar-refractivity contribution in [1.29, 1.82) is 0 Å². The van der Waals surface area contributed by atoms with E-state index in [1.807, 2.05) is 12.1 Å². The van der Waals surface area contributed by atoms with Crippen molar-refractivity contribution in [3.8, 4) is 0 Å². The molecule has 112 valence electrons. The zero-order chi connectivity index (χ0) is 14.6. The van der Waals surface area contributed by atoms with Crippen LogP contribution in [0.1, 0.15) is 31.2 Å². The van der Waals surface area contributed by atoms with E-state index >= 15 is 0 Å². The normalized spacial score (nSPS) is 25.4. The van der Waals surface area contributed by atoms with Gasteiger partial charge in [-0.25, -0.2) is 0 Å². The van der Waals surface area contributed by atoms with Gasteiger partial charge in [0.05, 0.1) is 5.92 Å². The van der Waals surface area contributed by atoms with Crippen molar-refractivity contribution in [2.45, 2.75) is 44.3 Å². The van der Waals surface area contributed by atoms with Crippen LogP contribution in [0.2, 0.25) is 0 Å². The number of nitrogens with one attached hydrogen (secondary N) is 1. The van der Waals surface area contributed by atoms with Crippen LogP contribution >= 0.6 is 0 Å². The molecule has 0 aliphatic heterocycles. The first kappa shape index (κ1) is 15.3. The van der Waals surface area contributed by atoms with Gasteiger partial charge in [-0.2, -0.15) is 13.2 Å². The van der Waals surface area contributed by atoms with Gasteiger partial charge >= 0.3 is 6.18 Å². The first-order chi connectivity index (χ1) is 9.50. The van der Waals surface area contributed by atoms with Crippen LogP contribution in [0.5, 0.6) is 0 Å². The molecular formula is C14H20F3N3. The van der Waals surface area contributed by atoms with Gasteiger partial charge in [0.15, 0.2) is 0 Å². The summed E-state index contributed by atoms with van der Waals surface area (Å²) in [6, 6.07) is 3.62. The summed E-state index contributed by atoms with van der Waals surface area (Å²) in [4.78, 5) is 3.93. The van der Waals surface area contributed by atoms with Crippen molar-refractivity contribution in [3.63, 3.8) is 0 Å². The Bertz CT molecular complexity index is 408. The molecule has 3 unspecified atom stereocenters. The summed E-state index contributed by atoms with van der Waals surface area (Å²) in [6.07, 6.45) is 1.74. The van der Waals surface area contributed by atoms with Crippen LogP contribution in [0, 0.1) is 11.8 Å². The predicted molar refractivity (Wildman–Crippen MR) is 70.6 cm³/mol. The summed E-state index contributed by atoms with van der Waals surface area (Å²) in [5, 5.41) is 0. The fourth-order valence-electron chi connectivity index (χ4n) is 3.02. The molecule has 1 fully saturated rings. The van der Waals surface area contributed by atoms with E-state index in [-0.39, 0.29) is 24.8 Å². The number of rotatable bonds is 4. The van der Waals surface area contributed by atoms with Gasteiger partial charge in [-0.1, -0.05) is 6.42 Å². The fraction of sp³-hybridized carbons (Fsp3) is 0.643. The lowest BCUT2D eigenvalue weighted by Crippen LogP contribution is -2.45. The van der Waals surface area contributed by atoms with Crippen LogP contribution in [0.25, 0.3) is 0 Å². The number of halogens is 3. The van der Waals surface area contributed by atoms with Gasteiger partial charge in [0.25, 0.3) is 0 Å². The highest BCUT2D eigenvalue weighted by Gasteiger charge is 2.43. The Morgan fingerprint density at radius 2 is 2.00 bits per heavy atom. The molecule has 0 aromatic carbocycles. The third-order valence-electron chi connectivity index (χ3n) is 4.17. The van der Waals surface area contributed by atoms with Crippen molar-refractivity contribution in [2.75, 3.05) is 0 Å². The molecule has 3 atom stereocenters. The largest absolute Gasteiger partial charge is 0.391 e. The van der Waals surface area contributed by atoms with Gasteiger partial charge in [0.2, 0.25) is 0 Å². The maximum atomic E-state index is 12.8. The van der Waals surface area contributed by atoms with Crippen LogP contribution in [-0.4, -0.2) is 17.2 Å². The number of hydrogen-bond donors (Lipinski definition) is 2. The Labute approximate surface area is 116 Å². The van der Waals surface area contributed by atoms with Crippen molar-refractivity contribution in [2.24, 2.45) is 17.7 Å². The van der Waals surface area contributed by atoms with E-state index in [0.29, 0.717) is 12.8 Å². The van der Waals surface area contributed by atoms with Gasteiger partial charge in [-0.3, -0.25) is 16.3 Å². The highest BCUT2D eigenvalue weighted by Crippen LogP contribution is 2.41. The lowest BCUT2D eigenvalue weighted by atomic mass is 9.76. The van der Waals surface area contributed by atoms with Crippen LogP contribution in [0.15, 0.2) is 24.5 Å². The quantitative estimate of drug-likeness (QED) is 0.661. The molecule has 0 amide bonds. The van der Waals surface area contributed by atoms with Crippen molar-refractivity contribution in [1.82, 2.24) is 10.4 Å². The number of nitrogens with zero attached hydrogens (tertiary/aromatic N) is 1. The van der Waals surface area contributed by atoms with Crippen molar-refractivity contribution >= 4 is 0 Å². The summed E-state index contributed by atoms with van der Waals surface area (Å²) in [5.74, 6) is 4.34. The first-order valence-electron chi connectivity index (χ1n) is 6.92. The predicted octanol–water partition coefficient (Wildman–Crippen LogP) is 2.82. The molecular weight excluding hydrogens is 267 g/mol. The van der Waals surface area contributed by atoms with E-state index < -0.39 is 12.1 Å². The minimum absolute atomic E-state index is 0.0338. The van der Waals surface area contributed by atoms with Crippen LogP contribution < -0.4 is 11.3 Å². The van der Waals surface area contributed by atoms with Crippen molar-refractivity contribution in [3.05, 3.63) is 30.1 Å². The monoisotopic (exact) mass is 287 g/mol. The Morgan fingerprint density at radius 3 is 2.60 bits per heavy atom. The summed E-state index contributed by atoms with van der Waals surface area (Å²) in [6.45, 7) is 0. The van der Waals surface area contributed by atoms with Crippen molar-refractivity contribution < 1.29 is 13.2 Å². The summed E-state index contributed by atoms with van der Waals surface area (Å²) >= 11 is 0. The average Bonchev–Trinajstić information content (AvgIpc) is 2.45. The summed E-state index contributed by atoms with van der Waals surface area (Å²) in [7, 11) is 0. The second-order valence-electron chi connectivity index (χ2n) is 5.50. The molecule has 20 heavy (non-hydrogen) atoms. The number of nitrogens with two attached hydrogens (primary N) is 1. The van der Waals surface area contributed by atoms with Gasteiger partial charge in [0.1, 0.15) is 0 Å². The van der Waals surface area contributed by atoms with Crippen LogP contribution in [-0.2, 0) is 6.42 Å². The third-order valence-corrected chi connectivity index (χ3v) is 4.17. The molecule has 1 aliphatic rings. The molecule has 2 rings (SSSR count). The minimum Gasteiger partial charge on any atom is -0.271 e. The van der Waals surface area contributed by atoms with E-state index in [1.165, 1.54) is 0 Å². The Kier molecular flexibility index (Phi) is 4.99. The van der Waals surface area contributed by atoms with E-state index in [0.717, 1.165) is 12.0 Å². The maximum absolute atomic E-state index is 12.8. The Morgan fingerprint density at radius 1 is 1.30 bits per heavy atom. The first-order valence-corrected chi connectivity index (χ1v) is 6.92. The van der Waals surface area contributed by atoms with Gasteiger partial charge in [0, 0.05) is 18.4 Å². The highest BCUT2D eigenvalue weighted by molar-refractivity contribution is 5.11. The second kappa shape index (κ2) is 6.54. The minimum atomic E-state index is -4.09. The average molecular weight is 287 g/mol. The fourth-order valence-corrected chi connectivity index (χ4v) is 3.02. The topological polar surface area (TPSA) is 50.9 Å². The standard InChI is InChI=1S/C14H20F3N3/c15-14(16,17)12-3-1-2-11(9-12)13(20-18)8-10-4-6-19-7-5-10/h4-7,11-13,20H,1-3,8-9,18H2. The maximum Gasteiger partial charge on any atom is 0.391 e. The zero-order valence-corrected chi connectivity index (χ0v) is 11.2. The van der Waals surface area contributed by atoms with E-state index in [4.69, 9.17) is 5.84 Å². The van der Waals surface area contributed by atoms with Gasteiger partial charge in [-0.15, -0.1) is 0 Å². The lowest BCUT2D eigenvalue weighted by molar-refractivity contribution is -0.186. The summed E-state index contributed by atoms with van der Waals surface area (Å²) in [5.41, 5.74) is 3.74. The van der Waals surface area contributed by atoms with E-state index in [9.17, 15) is 13.2 Å². The molecule has 1 saturated carbocycles. The number of aromatic nitrogens is 1. The molecule has 1 aromatic rings. The molecule has 0 spiro atoms. The SMILES string of the molecule is NNC(Cc1ccncc1)C1CCCC(C(F)(F)F)C1. The molecule has 0 bridgehead atoms. The molecule has 0 saturated heterocycles. The number of hydrogen-bond acceptors (Lipinski definition) is 3. The van der Waals surface area contributed by atoms with Crippen LogP contribution in [0.3, 0.4) is 0 Å². The molecule has 0 radical (unpaired) electrons. The number of hydrazine groups is 1. The molecule has 1 aromatic heterocycles. The molecule has 1 heterocycles. The molecule has 1 aliphatic carbocycles. The van der Waals surface area contributed by atoms with Crippen LogP contribution in [0.4, 0.5) is 13.2 Å². The number of alkyl halides is 3. The Balaban J connectivity index is 2.00. The second-order valence-corrected chi connectivity index (χ2v) is 5.50. The smallest absolute Gasteiger partial charge is 0.271 e.